The lowest BCUT2D eigenvalue weighted by Gasteiger charge is -2.14. The molecule has 2 N–H and O–H groups in total. The molecule has 0 heterocycles. The summed E-state index contributed by atoms with van der Waals surface area (Å²) in [6, 6.07) is 0. The van der Waals surface area contributed by atoms with E-state index in [1.807, 2.05) is 0 Å². The van der Waals surface area contributed by atoms with E-state index < -0.39 is 18.0 Å². The zero-order valence-electron chi connectivity index (χ0n) is 15.3. The van der Waals surface area contributed by atoms with Crippen LogP contribution in [0.3, 0.4) is 0 Å². The number of carboxylic acids is 1. The van der Waals surface area contributed by atoms with Crippen LogP contribution in [0.1, 0.15) is 77.6 Å². The van der Waals surface area contributed by atoms with Crippen LogP contribution in [-0.2, 0) is 14.4 Å². The Kier molecular flexibility index (Phi) is 10.3. The van der Waals surface area contributed by atoms with Crippen LogP contribution in [-0.4, -0.2) is 33.9 Å². The largest absolute Gasteiger partial charge is 0.481 e. The van der Waals surface area contributed by atoms with Crippen LogP contribution in [0.15, 0.2) is 12.2 Å². The summed E-state index contributed by atoms with van der Waals surface area (Å²) >= 11 is 0. The predicted molar refractivity (Wildman–Crippen MR) is 96.2 cm³/mol. The second kappa shape index (κ2) is 12.0. The molecule has 1 aliphatic carbocycles. The van der Waals surface area contributed by atoms with Crippen molar-refractivity contribution in [2.24, 2.45) is 11.8 Å². The smallest absolute Gasteiger partial charge is 0.303 e. The third kappa shape index (κ3) is 8.43. The van der Waals surface area contributed by atoms with Gasteiger partial charge < -0.3 is 10.2 Å². The van der Waals surface area contributed by atoms with Gasteiger partial charge in [0.05, 0.1) is 12.5 Å². The van der Waals surface area contributed by atoms with E-state index in [2.05, 4.69) is 6.92 Å². The Bertz CT molecular complexity index is 469. The molecular weight excluding hydrogens is 320 g/mol. The Balaban J connectivity index is 2.40. The lowest BCUT2D eigenvalue weighted by Crippen LogP contribution is -2.16. The van der Waals surface area contributed by atoms with Crippen LogP contribution in [0.2, 0.25) is 0 Å². The summed E-state index contributed by atoms with van der Waals surface area (Å²) in [4.78, 5) is 34.6. The molecule has 5 heteroatoms. The molecule has 0 amide bonds. The fourth-order valence-corrected chi connectivity index (χ4v) is 3.37. The predicted octanol–water partition coefficient (Wildman–Crippen LogP) is 3.68. The van der Waals surface area contributed by atoms with Gasteiger partial charge in [0, 0.05) is 18.3 Å². The van der Waals surface area contributed by atoms with Gasteiger partial charge in [0.2, 0.25) is 0 Å². The number of allylic oxidation sites excluding steroid dienone is 1. The molecule has 3 unspecified atom stereocenters. The second-order valence-corrected chi connectivity index (χ2v) is 7.04. The van der Waals surface area contributed by atoms with Crippen LogP contribution in [0, 0.1) is 11.8 Å². The molecular formula is C20H32O5. The van der Waals surface area contributed by atoms with Gasteiger partial charge in [-0.25, -0.2) is 0 Å². The number of hydrogen-bond acceptors (Lipinski definition) is 4. The number of aliphatic carboxylic acids is 1. The molecule has 0 bridgehead atoms. The number of rotatable bonds is 13. The average molecular weight is 352 g/mol. The Morgan fingerprint density at radius 1 is 1.12 bits per heavy atom. The van der Waals surface area contributed by atoms with Crippen molar-refractivity contribution in [2.75, 3.05) is 0 Å². The number of unbranched alkanes of at least 4 members (excludes halogenated alkanes) is 5. The van der Waals surface area contributed by atoms with Gasteiger partial charge >= 0.3 is 5.97 Å². The number of aliphatic hydroxyl groups excluding tert-OH is 1. The first kappa shape index (κ1) is 21.6. The van der Waals surface area contributed by atoms with Crippen molar-refractivity contribution < 1.29 is 24.6 Å². The van der Waals surface area contributed by atoms with Crippen LogP contribution < -0.4 is 0 Å². The summed E-state index contributed by atoms with van der Waals surface area (Å²) < 4.78 is 0. The van der Waals surface area contributed by atoms with Gasteiger partial charge in [-0.2, -0.15) is 0 Å². The van der Waals surface area contributed by atoms with E-state index in [1.54, 1.807) is 12.2 Å². The van der Waals surface area contributed by atoms with Gasteiger partial charge in [-0.3, -0.25) is 14.4 Å². The second-order valence-electron chi connectivity index (χ2n) is 7.04. The lowest BCUT2D eigenvalue weighted by atomic mass is 9.89. The minimum Gasteiger partial charge on any atom is -0.481 e. The normalized spacial score (nSPS) is 22.0. The number of hydrogen-bond donors (Lipinski definition) is 2. The Labute approximate surface area is 150 Å². The van der Waals surface area contributed by atoms with Crippen LogP contribution >= 0.6 is 0 Å². The van der Waals surface area contributed by atoms with Crippen molar-refractivity contribution in [1.29, 1.82) is 0 Å². The Morgan fingerprint density at radius 2 is 1.84 bits per heavy atom. The molecule has 1 fully saturated rings. The minimum absolute atomic E-state index is 0.00458. The molecule has 1 rings (SSSR count). The zero-order chi connectivity index (χ0) is 18.7. The molecule has 0 spiro atoms. The minimum atomic E-state index is -0.778. The van der Waals surface area contributed by atoms with Crippen molar-refractivity contribution in [3.63, 3.8) is 0 Å². The monoisotopic (exact) mass is 352 g/mol. The van der Waals surface area contributed by atoms with E-state index in [-0.39, 0.29) is 30.3 Å². The third-order valence-corrected chi connectivity index (χ3v) is 4.87. The molecule has 0 aromatic rings. The summed E-state index contributed by atoms with van der Waals surface area (Å²) in [5, 5.41) is 18.6. The highest BCUT2D eigenvalue weighted by atomic mass is 16.4. The summed E-state index contributed by atoms with van der Waals surface area (Å²) in [5.41, 5.74) is 0. The quantitative estimate of drug-likeness (QED) is 0.300. The number of ketones is 2. The van der Waals surface area contributed by atoms with Gasteiger partial charge in [-0.15, -0.1) is 0 Å². The number of carbonyl (C=O) groups excluding carboxylic acids is 2. The third-order valence-electron chi connectivity index (χ3n) is 4.87. The van der Waals surface area contributed by atoms with E-state index in [1.165, 1.54) is 0 Å². The molecule has 1 saturated carbocycles. The highest BCUT2D eigenvalue weighted by Gasteiger charge is 2.39. The molecule has 0 aliphatic heterocycles. The molecule has 25 heavy (non-hydrogen) atoms. The van der Waals surface area contributed by atoms with E-state index in [4.69, 9.17) is 5.11 Å². The van der Waals surface area contributed by atoms with Gasteiger partial charge in [-0.05, 0) is 19.3 Å². The van der Waals surface area contributed by atoms with Crippen molar-refractivity contribution >= 4 is 17.5 Å². The van der Waals surface area contributed by atoms with Gasteiger partial charge in [-0.1, -0.05) is 57.6 Å². The van der Waals surface area contributed by atoms with Crippen molar-refractivity contribution in [2.45, 2.75) is 83.7 Å². The molecule has 3 atom stereocenters. The zero-order valence-corrected chi connectivity index (χ0v) is 15.3. The maximum atomic E-state index is 12.1. The number of carbonyl (C=O) groups is 3. The molecule has 0 saturated heterocycles. The average Bonchev–Trinajstić information content (AvgIpc) is 2.82. The van der Waals surface area contributed by atoms with Crippen molar-refractivity contribution in [1.82, 2.24) is 0 Å². The topological polar surface area (TPSA) is 91.7 Å². The van der Waals surface area contributed by atoms with E-state index in [0.717, 1.165) is 38.5 Å². The van der Waals surface area contributed by atoms with E-state index in [9.17, 15) is 19.5 Å². The fraction of sp³-hybridized carbons (Fsp3) is 0.750. The summed E-state index contributed by atoms with van der Waals surface area (Å²) in [6.07, 6.45) is 10.7. The first-order valence-electron chi connectivity index (χ1n) is 9.59. The lowest BCUT2D eigenvalue weighted by molar-refractivity contribution is -0.137. The summed E-state index contributed by atoms with van der Waals surface area (Å²) in [7, 11) is 0. The van der Waals surface area contributed by atoms with Crippen LogP contribution in [0.5, 0.6) is 0 Å². The highest BCUT2D eigenvalue weighted by molar-refractivity contribution is 6.09. The van der Waals surface area contributed by atoms with E-state index in [0.29, 0.717) is 19.3 Å². The van der Waals surface area contributed by atoms with Gasteiger partial charge in [0.25, 0.3) is 0 Å². The highest BCUT2D eigenvalue weighted by Crippen LogP contribution is 2.31. The molecule has 142 valence electrons. The van der Waals surface area contributed by atoms with Crippen LogP contribution in [0.25, 0.3) is 0 Å². The van der Waals surface area contributed by atoms with Crippen molar-refractivity contribution in [3.05, 3.63) is 12.2 Å². The van der Waals surface area contributed by atoms with Gasteiger partial charge in [0.15, 0.2) is 0 Å². The van der Waals surface area contributed by atoms with E-state index >= 15 is 0 Å². The maximum absolute atomic E-state index is 12.1. The van der Waals surface area contributed by atoms with Crippen molar-refractivity contribution in [3.8, 4) is 0 Å². The Morgan fingerprint density at radius 3 is 2.52 bits per heavy atom. The molecule has 1 aliphatic rings. The summed E-state index contributed by atoms with van der Waals surface area (Å²) in [6.45, 7) is 2.11. The molecule has 0 aromatic heterocycles. The first-order valence-corrected chi connectivity index (χ1v) is 9.59. The standard InChI is InChI=1S/C20H32O5/c1-2-3-6-9-15(21)12-13-17-16(18(22)14-19(17)23)10-7-4-5-8-11-20(24)25/h12-13,15-17,21H,2-11,14H2,1H3,(H,24,25). The number of Topliss-reactive ketones (excluding diaryl/α,β-unsaturated/α-hetero) is 2. The Hall–Kier alpha value is -1.49. The molecule has 5 nitrogen and oxygen atoms in total. The number of carboxylic acid groups (broad SMARTS) is 1. The SMILES string of the molecule is CCCCCC(O)C=CC1C(=O)CC(=O)C1CCCCCCC(=O)O. The number of aliphatic hydroxyl groups is 1. The fourth-order valence-electron chi connectivity index (χ4n) is 3.37. The molecule has 0 radical (unpaired) electrons. The first-order chi connectivity index (χ1) is 12.0. The van der Waals surface area contributed by atoms with Crippen LogP contribution in [0.4, 0.5) is 0 Å². The van der Waals surface area contributed by atoms with Gasteiger partial charge in [0.1, 0.15) is 11.6 Å². The summed E-state index contributed by atoms with van der Waals surface area (Å²) in [5.74, 6) is -1.48. The molecule has 0 aromatic carbocycles. The maximum Gasteiger partial charge on any atom is 0.303 e.